The molecule has 2 rings (SSSR count). The van der Waals surface area contributed by atoms with Gasteiger partial charge in [-0.1, -0.05) is 0 Å². The lowest BCUT2D eigenvalue weighted by atomic mass is 10.2. The number of nitrogens with zero attached hydrogens (tertiary/aromatic N) is 2. The first-order valence-electron chi connectivity index (χ1n) is 7.53. The molecular weight excluding hydrogens is 242 g/mol. The summed E-state index contributed by atoms with van der Waals surface area (Å²) in [5, 5.41) is 3.29. The van der Waals surface area contributed by atoms with Gasteiger partial charge in [-0.05, 0) is 33.2 Å². The minimum atomic E-state index is 0.0795. The van der Waals surface area contributed by atoms with Crippen LogP contribution in [0.4, 0.5) is 0 Å². The van der Waals surface area contributed by atoms with Gasteiger partial charge in [0.1, 0.15) is 0 Å². The summed E-state index contributed by atoms with van der Waals surface area (Å²) in [6, 6.07) is 0.0795. The largest absolute Gasteiger partial charge is 0.377 e. The number of rotatable bonds is 5. The summed E-state index contributed by atoms with van der Waals surface area (Å²) in [6.45, 7) is 10.5. The molecule has 0 aromatic carbocycles. The molecule has 5 nitrogen and oxygen atoms in total. The van der Waals surface area contributed by atoms with Crippen LogP contribution in [-0.2, 0) is 9.53 Å². The Morgan fingerprint density at radius 1 is 1.32 bits per heavy atom. The molecule has 0 aliphatic carbocycles. The van der Waals surface area contributed by atoms with Gasteiger partial charge in [0, 0.05) is 32.7 Å². The van der Waals surface area contributed by atoms with E-state index >= 15 is 0 Å². The SMILES string of the molecule is CC(C)OCCN1CCN(C(=O)C2CCCN2)CC1. The second kappa shape index (κ2) is 7.22. The van der Waals surface area contributed by atoms with Crippen LogP contribution in [0.1, 0.15) is 26.7 Å². The number of amides is 1. The van der Waals surface area contributed by atoms with E-state index in [1.54, 1.807) is 0 Å². The van der Waals surface area contributed by atoms with Gasteiger partial charge in [0.15, 0.2) is 0 Å². The second-order valence-electron chi connectivity index (χ2n) is 5.74. The summed E-state index contributed by atoms with van der Waals surface area (Å²) in [6.07, 6.45) is 2.43. The Labute approximate surface area is 116 Å². The fraction of sp³-hybridized carbons (Fsp3) is 0.929. The van der Waals surface area contributed by atoms with Crippen LogP contribution < -0.4 is 5.32 Å². The molecule has 0 bridgehead atoms. The topological polar surface area (TPSA) is 44.8 Å². The molecule has 0 radical (unpaired) electrons. The zero-order chi connectivity index (χ0) is 13.7. The third kappa shape index (κ3) is 4.44. The lowest BCUT2D eigenvalue weighted by Crippen LogP contribution is -2.53. The van der Waals surface area contributed by atoms with Crippen molar-refractivity contribution in [3.8, 4) is 0 Å². The molecule has 0 aromatic rings. The summed E-state index contributed by atoms with van der Waals surface area (Å²) in [7, 11) is 0. The number of piperazine rings is 1. The Morgan fingerprint density at radius 3 is 2.63 bits per heavy atom. The van der Waals surface area contributed by atoms with Crippen molar-refractivity contribution in [1.82, 2.24) is 15.1 Å². The molecular formula is C14H27N3O2. The Morgan fingerprint density at radius 2 is 2.05 bits per heavy atom. The lowest BCUT2D eigenvalue weighted by molar-refractivity contribution is -0.134. The van der Waals surface area contributed by atoms with E-state index in [1.807, 2.05) is 4.90 Å². The minimum absolute atomic E-state index is 0.0795. The van der Waals surface area contributed by atoms with Crippen LogP contribution in [0.25, 0.3) is 0 Å². The van der Waals surface area contributed by atoms with Crippen LogP contribution in [-0.4, -0.2) is 73.7 Å². The molecule has 1 N–H and O–H groups in total. The normalized spacial score (nSPS) is 25.2. The highest BCUT2D eigenvalue weighted by Crippen LogP contribution is 2.11. The van der Waals surface area contributed by atoms with Crippen LogP contribution in [0.5, 0.6) is 0 Å². The molecule has 2 saturated heterocycles. The van der Waals surface area contributed by atoms with E-state index in [-0.39, 0.29) is 6.04 Å². The molecule has 0 saturated carbocycles. The van der Waals surface area contributed by atoms with E-state index < -0.39 is 0 Å². The Bertz CT molecular complexity index is 282. The van der Waals surface area contributed by atoms with Crippen LogP contribution >= 0.6 is 0 Å². The third-order valence-corrected chi connectivity index (χ3v) is 3.90. The van der Waals surface area contributed by atoms with E-state index in [9.17, 15) is 4.79 Å². The zero-order valence-electron chi connectivity index (χ0n) is 12.2. The maximum Gasteiger partial charge on any atom is 0.239 e. The number of hydrogen-bond acceptors (Lipinski definition) is 4. The van der Waals surface area contributed by atoms with Crippen molar-refractivity contribution in [3.05, 3.63) is 0 Å². The molecule has 0 spiro atoms. The average molecular weight is 269 g/mol. The molecule has 19 heavy (non-hydrogen) atoms. The maximum absolute atomic E-state index is 12.2. The Kier molecular flexibility index (Phi) is 5.60. The lowest BCUT2D eigenvalue weighted by Gasteiger charge is -2.36. The van der Waals surface area contributed by atoms with Crippen molar-refractivity contribution in [3.63, 3.8) is 0 Å². The standard InChI is InChI=1S/C14H27N3O2/c1-12(2)19-11-10-16-6-8-17(9-7-16)14(18)13-4-3-5-15-13/h12-13,15H,3-11H2,1-2H3. The van der Waals surface area contributed by atoms with Gasteiger partial charge in [-0.3, -0.25) is 9.69 Å². The van der Waals surface area contributed by atoms with Crippen LogP contribution in [0.2, 0.25) is 0 Å². The van der Waals surface area contributed by atoms with E-state index in [4.69, 9.17) is 4.74 Å². The van der Waals surface area contributed by atoms with Gasteiger partial charge in [0.25, 0.3) is 0 Å². The van der Waals surface area contributed by atoms with Crippen LogP contribution in [0, 0.1) is 0 Å². The smallest absolute Gasteiger partial charge is 0.239 e. The predicted molar refractivity (Wildman–Crippen MR) is 75.1 cm³/mol. The first-order chi connectivity index (χ1) is 9.16. The van der Waals surface area contributed by atoms with Crippen molar-refractivity contribution in [2.24, 2.45) is 0 Å². The van der Waals surface area contributed by atoms with Gasteiger partial charge in [-0.2, -0.15) is 0 Å². The van der Waals surface area contributed by atoms with E-state index in [2.05, 4.69) is 24.1 Å². The third-order valence-electron chi connectivity index (χ3n) is 3.90. The monoisotopic (exact) mass is 269 g/mol. The van der Waals surface area contributed by atoms with Crippen molar-refractivity contribution < 1.29 is 9.53 Å². The highest BCUT2D eigenvalue weighted by molar-refractivity contribution is 5.82. The summed E-state index contributed by atoms with van der Waals surface area (Å²) in [5.74, 6) is 0.301. The number of carbonyl (C=O) groups is 1. The second-order valence-corrected chi connectivity index (χ2v) is 5.74. The van der Waals surface area contributed by atoms with Gasteiger partial charge >= 0.3 is 0 Å². The van der Waals surface area contributed by atoms with Crippen molar-refractivity contribution in [1.29, 1.82) is 0 Å². The number of ether oxygens (including phenoxy) is 1. The van der Waals surface area contributed by atoms with Gasteiger partial charge in [0.05, 0.1) is 18.8 Å². The highest BCUT2D eigenvalue weighted by atomic mass is 16.5. The van der Waals surface area contributed by atoms with Crippen LogP contribution in [0.3, 0.4) is 0 Å². The predicted octanol–water partition coefficient (Wildman–Crippen LogP) is 0.308. The first-order valence-corrected chi connectivity index (χ1v) is 7.53. The maximum atomic E-state index is 12.2. The van der Waals surface area contributed by atoms with Crippen molar-refractivity contribution in [2.75, 3.05) is 45.9 Å². The number of hydrogen-bond donors (Lipinski definition) is 1. The van der Waals surface area contributed by atoms with Gasteiger partial charge < -0.3 is 15.0 Å². The van der Waals surface area contributed by atoms with Crippen molar-refractivity contribution in [2.45, 2.75) is 38.8 Å². The zero-order valence-corrected chi connectivity index (χ0v) is 12.2. The van der Waals surface area contributed by atoms with E-state index in [0.717, 1.165) is 58.7 Å². The fourth-order valence-electron chi connectivity index (χ4n) is 2.73. The first kappa shape index (κ1) is 14.8. The Balaban J connectivity index is 1.65. The molecule has 2 aliphatic rings. The van der Waals surface area contributed by atoms with Gasteiger partial charge in [-0.15, -0.1) is 0 Å². The molecule has 1 atom stereocenters. The molecule has 5 heteroatoms. The fourth-order valence-corrected chi connectivity index (χ4v) is 2.73. The molecule has 2 fully saturated rings. The van der Waals surface area contributed by atoms with E-state index in [1.165, 1.54) is 0 Å². The van der Waals surface area contributed by atoms with Crippen molar-refractivity contribution >= 4 is 5.91 Å². The molecule has 1 amide bonds. The van der Waals surface area contributed by atoms with E-state index in [0.29, 0.717) is 12.0 Å². The summed E-state index contributed by atoms with van der Waals surface area (Å²) >= 11 is 0. The molecule has 2 aliphatic heterocycles. The average Bonchev–Trinajstić information content (AvgIpc) is 2.92. The molecule has 2 heterocycles. The highest BCUT2D eigenvalue weighted by Gasteiger charge is 2.28. The van der Waals surface area contributed by atoms with Crippen LogP contribution in [0.15, 0.2) is 0 Å². The molecule has 110 valence electrons. The quantitative estimate of drug-likeness (QED) is 0.780. The Hall–Kier alpha value is -0.650. The van der Waals surface area contributed by atoms with Gasteiger partial charge in [0.2, 0.25) is 5.91 Å². The molecule has 0 aromatic heterocycles. The number of nitrogens with one attached hydrogen (secondary N) is 1. The summed E-state index contributed by atoms with van der Waals surface area (Å²) in [4.78, 5) is 16.6. The number of carbonyl (C=O) groups excluding carboxylic acids is 1. The summed E-state index contributed by atoms with van der Waals surface area (Å²) < 4.78 is 5.57. The molecule has 1 unspecified atom stereocenters. The summed E-state index contributed by atoms with van der Waals surface area (Å²) in [5.41, 5.74) is 0. The van der Waals surface area contributed by atoms with Gasteiger partial charge in [-0.25, -0.2) is 0 Å². The minimum Gasteiger partial charge on any atom is -0.377 e.